The number of aromatic nitrogens is 1. The zero-order chi connectivity index (χ0) is 11.4. The largest absolute Gasteiger partial charge is 0.382 e. The number of rotatable bonds is 3. The highest BCUT2D eigenvalue weighted by molar-refractivity contribution is 5.28. The van der Waals surface area contributed by atoms with E-state index in [0.717, 1.165) is 12.0 Å². The van der Waals surface area contributed by atoms with Gasteiger partial charge in [-0.05, 0) is 29.7 Å². The first kappa shape index (κ1) is 10.8. The minimum atomic E-state index is -0.632. The molecule has 2 aromatic rings. The highest BCUT2D eigenvalue weighted by atomic mass is 16.3. The number of nitrogens with zero attached hydrogens (tertiary/aromatic N) is 1. The summed E-state index contributed by atoms with van der Waals surface area (Å²) >= 11 is 0. The van der Waals surface area contributed by atoms with Crippen LogP contribution in [0.1, 0.15) is 29.8 Å². The summed E-state index contributed by atoms with van der Waals surface area (Å²) in [5, 5.41) is 10.1. The smallest absolute Gasteiger partial charge is 0.121 e. The van der Waals surface area contributed by atoms with E-state index in [2.05, 4.69) is 11.9 Å². The zero-order valence-electron chi connectivity index (χ0n) is 9.30. The Bertz CT molecular complexity index is 436. The number of benzene rings is 1. The monoisotopic (exact) mass is 213 g/mol. The molecule has 1 heterocycles. The van der Waals surface area contributed by atoms with Crippen LogP contribution in [0.4, 0.5) is 0 Å². The minimum Gasteiger partial charge on any atom is -0.382 e. The van der Waals surface area contributed by atoms with Gasteiger partial charge >= 0.3 is 0 Å². The molecule has 0 fully saturated rings. The number of aliphatic hydroxyl groups excluding tert-OH is 1. The standard InChI is InChI=1S/C14H15NO/c1-2-11-6-8-12(9-7-11)14(16)13-5-3-4-10-15-13/h3-10,14,16H,2H2,1H3/t14-/m0/s1. The third kappa shape index (κ3) is 2.28. The number of aryl methyl sites for hydroxylation is 1. The lowest BCUT2D eigenvalue weighted by molar-refractivity contribution is 0.215. The Hall–Kier alpha value is -1.67. The molecule has 1 aromatic heterocycles. The van der Waals surface area contributed by atoms with Gasteiger partial charge in [0.25, 0.3) is 0 Å². The first-order valence-corrected chi connectivity index (χ1v) is 5.49. The third-order valence-electron chi connectivity index (χ3n) is 2.67. The maximum atomic E-state index is 10.1. The van der Waals surface area contributed by atoms with Crippen molar-refractivity contribution in [2.75, 3.05) is 0 Å². The van der Waals surface area contributed by atoms with Crippen LogP contribution in [-0.4, -0.2) is 10.1 Å². The van der Waals surface area contributed by atoms with Crippen LogP contribution in [0.5, 0.6) is 0 Å². The fourth-order valence-electron chi connectivity index (χ4n) is 1.64. The van der Waals surface area contributed by atoms with Crippen molar-refractivity contribution in [1.82, 2.24) is 4.98 Å². The van der Waals surface area contributed by atoms with E-state index in [1.807, 2.05) is 42.5 Å². The molecule has 2 rings (SSSR count). The molecule has 1 atom stereocenters. The molecule has 1 aromatic carbocycles. The summed E-state index contributed by atoms with van der Waals surface area (Å²) in [5.74, 6) is 0. The van der Waals surface area contributed by atoms with E-state index < -0.39 is 6.10 Å². The molecular formula is C14H15NO. The zero-order valence-corrected chi connectivity index (χ0v) is 9.30. The molecule has 16 heavy (non-hydrogen) atoms. The van der Waals surface area contributed by atoms with Crippen molar-refractivity contribution in [3.05, 3.63) is 65.5 Å². The SMILES string of the molecule is CCc1ccc([C@H](O)c2ccccn2)cc1. The maximum Gasteiger partial charge on any atom is 0.121 e. The van der Waals surface area contributed by atoms with Gasteiger partial charge in [-0.3, -0.25) is 4.98 Å². The molecule has 82 valence electrons. The van der Waals surface area contributed by atoms with Crippen LogP contribution in [0.2, 0.25) is 0 Å². The van der Waals surface area contributed by atoms with Crippen molar-refractivity contribution in [2.45, 2.75) is 19.4 Å². The highest BCUT2D eigenvalue weighted by Crippen LogP contribution is 2.20. The molecule has 0 saturated heterocycles. The molecule has 0 unspecified atom stereocenters. The minimum absolute atomic E-state index is 0.632. The maximum absolute atomic E-state index is 10.1. The Balaban J connectivity index is 2.24. The number of aliphatic hydroxyl groups is 1. The summed E-state index contributed by atoms with van der Waals surface area (Å²) < 4.78 is 0. The predicted octanol–water partition coefficient (Wildman–Crippen LogP) is 2.73. The van der Waals surface area contributed by atoms with Crippen LogP contribution in [-0.2, 0) is 6.42 Å². The lowest BCUT2D eigenvalue weighted by atomic mass is 10.0. The van der Waals surface area contributed by atoms with Crippen molar-refractivity contribution < 1.29 is 5.11 Å². The van der Waals surface area contributed by atoms with E-state index in [4.69, 9.17) is 0 Å². The molecule has 0 bridgehead atoms. The Kier molecular flexibility index (Phi) is 3.32. The van der Waals surface area contributed by atoms with Gasteiger partial charge in [-0.2, -0.15) is 0 Å². The van der Waals surface area contributed by atoms with Crippen LogP contribution in [0.3, 0.4) is 0 Å². The van der Waals surface area contributed by atoms with E-state index in [1.54, 1.807) is 6.20 Å². The Morgan fingerprint density at radius 3 is 2.44 bits per heavy atom. The van der Waals surface area contributed by atoms with Crippen molar-refractivity contribution in [3.63, 3.8) is 0 Å². The molecule has 0 aliphatic heterocycles. The quantitative estimate of drug-likeness (QED) is 0.850. The van der Waals surface area contributed by atoms with Crippen LogP contribution in [0.15, 0.2) is 48.7 Å². The molecule has 2 heteroatoms. The predicted molar refractivity (Wildman–Crippen MR) is 64.1 cm³/mol. The molecular weight excluding hydrogens is 198 g/mol. The molecule has 0 saturated carbocycles. The first-order valence-electron chi connectivity index (χ1n) is 5.49. The van der Waals surface area contributed by atoms with Crippen LogP contribution < -0.4 is 0 Å². The number of pyridine rings is 1. The van der Waals surface area contributed by atoms with Gasteiger partial charge in [0.2, 0.25) is 0 Å². The van der Waals surface area contributed by atoms with Gasteiger partial charge in [0.1, 0.15) is 6.10 Å². The van der Waals surface area contributed by atoms with Crippen LogP contribution in [0, 0.1) is 0 Å². The van der Waals surface area contributed by atoms with Crippen molar-refractivity contribution >= 4 is 0 Å². The van der Waals surface area contributed by atoms with Crippen molar-refractivity contribution in [1.29, 1.82) is 0 Å². The Morgan fingerprint density at radius 2 is 1.88 bits per heavy atom. The Morgan fingerprint density at radius 1 is 1.12 bits per heavy atom. The molecule has 0 amide bonds. The van der Waals surface area contributed by atoms with E-state index in [9.17, 15) is 5.11 Å². The second-order valence-corrected chi connectivity index (χ2v) is 3.75. The van der Waals surface area contributed by atoms with Gasteiger partial charge in [-0.1, -0.05) is 37.3 Å². The van der Waals surface area contributed by atoms with E-state index in [1.165, 1.54) is 5.56 Å². The summed E-state index contributed by atoms with van der Waals surface area (Å²) in [7, 11) is 0. The number of hydrogen-bond acceptors (Lipinski definition) is 2. The molecule has 0 spiro atoms. The molecule has 0 aliphatic carbocycles. The summed E-state index contributed by atoms with van der Waals surface area (Å²) in [6.45, 7) is 2.12. The summed E-state index contributed by atoms with van der Waals surface area (Å²) in [5.41, 5.74) is 2.85. The summed E-state index contributed by atoms with van der Waals surface area (Å²) in [6.07, 6.45) is 2.07. The first-order chi connectivity index (χ1) is 7.81. The fraction of sp³-hybridized carbons (Fsp3) is 0.214. The van der Waals surface area contributed by atoms with Crippen LogP contribution >= 0.6 is 0 Å². The van der Waals surface area contributed by atoms with Crippen molar-refractivity contribution in [3.8, 4) is 0 Å². The third-order valence-corrected chi connectivity index (χ3v) is 2.67. The molecule has 2 nitrogen and oxygen atoms in total. The van der Waals surface area contributed by atoms with E-state index >= 15 is 0 Å². The van der Waals surface area contributed by atoms with Crippen molar-refractivity contribution in [2.24, 2.45) is 0 Å². The molecule has 0 aliphatic rings. The number of hydrogen-bond donors (Lipinski definition) is 1. The van der Waals surface area contributed by atoms with Gasteiger partial charge in [0, 0.05) is 6.20 Å². The average molecular weight is 213 g/mol. The molecule has 1 N–H and O–H groups in total. The summed E-state index contributed by atoms with van der Waals surface area (Å²) in [4.78, 5) is 4.15. The lowest BCUT2D eigenvalue weighted by Crippen LogP contribution is -2.01. The highest BCUT2D eigenvalue weighted by Gasteiger charge is 2.10. The normalized spacial score (nSPS) is 12.4. The van der Waals surface area contributed by atoms with E-state index in [-0.39, 0.29) is 0 Å². The van der Waals surface area contributed by atoms with Gasteiger partial charge in [0.15, 0.2) is 0 Å². The topological polar surface area (TPSA) is 33.1 Å². The van der Waals surface area contributed by atoms with E-state index in [0.29, 0.717) is 5.69 Å². The second-order valence-electron chi connectivity index (χ2n) is 3.75. The van der Waals surface area contributed by atoms with Gasteiger partial charge < -0.3 is 5.11 Å². The van der Waals surface area contributed by atoms with Crippen LogP contribution in [0.25, 0.3) is 0 Å². The van der Waals surface area contributed by atoms with Gasteiger partial charge in [0.05, 0.1) is 5.69 Å². The van der Waals surface area contributed by atoms with Gasteiger partial charge in [-0.15, -0.1) is 0 Å². The second kappa shape index (κ2) is 4.90. The average Bonchev–Trinajstić information content (AvgIpc) is 2.39. The van der Waals surface area contributed by atoms with Gasteiger partial charge in [-0.25, -0.2) is 0 Å². The Labute approximate surface area is 95.6 Å². The summed E-state index contributed by atoms with van der Waals surface area (Å²) in [6, 6.07) is 13.6. The fourth-order valence-corrected chi connectivity index (χ4v) is 1.64. The molecule has 0 radical (unpaired) electrons. The lowest BCUT2D eigenvalue weighted by Gasteiger charge is -2.10.